The second-order valence-corrected chi connectivity index (χ2v) is 5.63. The van der Waals surface area contributed by atoms with Crippen molar-refractivity contribution in [3.05, 3.63) is 70.6 Å². The van der Waals surface area contributed by atoms with E-state index in [4.69, 9.17) is 0 Å². The number of pyridine rings is 1. The van der Waals surface area contributed by atoms with E-state index >= 15 is 0 Å². The fraction of sp³-hybridized carbons (Fsp3) is 0.125. The Balaban J connectivity index is 1.58. The van der Waals surface area contributed by atoms with E-state index in [1.807, 2.05) is 47.1 Å². The molecule has 1 aromatic carbocycles. The lowest BCUT2D eigenvalue weighted by Gasteiger charge is -2.04. The summed E-state index contributed by atoms with van der Waals surface area (Å²) < 4.78 is 2.94. The summed E-state index contributed by atoms with van der Waals surface area (Å²) in [6.07, 6.45) is 4.66. The van der Waals surface area contributed by atoms with Crippen molar-refractivity contribution in [2.24, 2.45) is 0 Å². The van der Waals surface area contributed by atoms with Gasteiger partial charge in [0.2, 0.25) is 0 Å². The Hall–Kier alpha value is -2.14. The van der Waals surface area contributed by atoms with Gasteiger partial charge in [-0.2, -0.15) is 0 Å². The number of nitrogens with zero attached hydrogens (tertiary/aromatic N) is 2. The smallest absolute Gasteiger partial charge is 0.251 e. The van der Waals surface area contributed by atoms with Crippen LogP contribution in [-0.4, -0.2) is 21.8 Å². The lowest BCUT2D eigenvalue weighted by atomic mass is 10.2. The number of nitrogens with one attached hydrogen (secondary N) is 1. The molecule has 0 bridgehead atoms. The molecule has 0 radical (unpaired) electrons. The molecule has 0 atom stereocenters. The first-order chi connectivity index (χ1) is 10.2. The third kappa shape index (κ3) is 3.31. The topological polar surface area (TPSA) is 46.4 Å². The van der Waals surface area contributed by atoms with Crippen molar-refractivity contribution in [2.45, 2.75) is 6.42 Å². The van der Waals surface area contributed by atoms with E-state index < -0.39 is 0 Å². The number of hydrogen-bond acceptors (Lipinski definition) is 2. The number of rotatable bonds is 4. The molecule has 1 N–H and O–H groups in total. The number of aromatic nitrogens is 2. The largest absolute Gasteiger partial charge is 0.352 e. The summed E-state index contributed by atoms with van der Waals surface area (Å²) in [5, 5.41) is 2.91. The van der Waals surface area contributed by atoms with Crippen molar-refractivity contribution in [3.63, 3.8) is 0 Å². The van der Waals surface area contributed by atoms with Crippen LogP contribution in [0.3, 0.4) is 0 Å². The lowest BCUT2D eigenvalue weighted by Crippen LogP contribution is -2.25. The Labute approximate surface area is 131 Å². The second kappa shape index (κ2) is 6.10. The summed E-state index contributed by atoms with van der Waals surface area (Å²) in [6.45, 7) is 0.568. The molecule has 2 heterocycles. The molecule has 3 rings (SSSR count). The molecule has 21 heavy (non-hydrogen) atoms. The Bertz CT molecular complexity index is 732. The van der Waals surface area contributed by atoms with Crippen molar-refractivity contribution >= 4 is 27.5 Å². The van der Waals surface area contributed by atoms with Crippen LogP contribution >= 0.6 is 15.9 Å². The van der Waals surface area contributed by atoms with Crippen molar-refractivity contribution in [1.82, 2.24) is 14.7 Å². The lowest BCUT2D eigenvalue weighted by molar-refractivity contribution is 0.0954. The minimum Gasteiger partial charge on any atom is -0.352 e. The number of benzene rings is 1. The summed E-state index contributed by atoms with van der Waals surface area (Å²) in [4.78, 5) is 16.5. The molecule has 5 heteroatoms. The molecule has 2 aromatic heterocycles. The van der Waals surface area contributed by atoms with Gasteiger partial charge in [-0.05, 0) is 36.4 Å². The zero-order valence-corrected chi connectivity index (χ0v) is 12.9. The van der Waals surface area contributed by atoms with Crippen LogP contribution in [0.15, 0.2) is 59.3 Å². The number of imidazole rings is 1. The van der Waals surface area contributed by atoms with Crippen LogP contribution in [0, 0.1) is 0 Å². The molecule has 4 nitrogen and oxygen atoms in total. The number of halogens is 1. The van der Waals surface area contributed by atoms with E-state index in [0.717, 1.165) is 15.8 Å². The fourth-order valence-corrected chi connectivity index (χ4v) is 2.38. The number of carbonyl (C=O) groups is 1. The number of hydrogen-bond donors (Lipinski definition) is 1. The van der Waals surface area contributed by atoms with Gasteiger partial charge in [-0.25, -0.2) is 4.98 Å². The van der Waals surface area contributed by atoms with Gasteiger partial charge < -0.3 is 9.72 Å². The molecule has 0 saturated heterocycles. The normalized spacial score (nSPS) is 10.7. The zero-order valence-electron chi connectivity index (χ0n) is 11.3. The highest BCUT2D eigenvalue weighted by molar-refractivity contribution is 9.10. The molecular weight excluding hydrogens is 330 g/mol. The van der Waals surface area contributed by atoms with Gasteiger partial charge in [0.05, 0.1) is 5.69 Å². The Morgan fingerprint density at radius 1 is 1.19 bits per heavy atom. The van der Waals surface area contributed by atoms with E-state index in [-0.39, 0.29) is 5.91 Å². The first-order valence-corrected chi connectivity index (χ1v) is 7.48. The average molecular weight is 344 g/mol. The minimum absolute atomic E-state index is 0.0636. The second-order valence-electron chi connectivity index (χ2n) is 4.71. The van der Waals surface area contributed by atoms with Gasteiger partial charge in [0.15, 0.2) is 0 Å². The molecule has 0 unspecified atom stereocenters. The summed E-state index contributed by atoms with van der Waals surface area (Å²) in [5.41, 5.74) is 2.55. The summed E-state index contributed by atoms with van der Waals surface area (Å²) in [5.74, 6) is -0.0636. The van der Waals surface area contributed by atoms with E-state index in [1.165, 1.54) is 0 Å². The maximum absolute atomic E-state index is 12.0. The third-order valence-corrected chi connectivity index (χ3v) is 3.72. The molecule has 0 spiro atoms. The Morgan fingerprint density at radius 2 is 2.00 bits per heavy atom. The van der Waals surface area contributed by atoms with Crippen molar-refractivity contribution in [1.29, 1.82) is 0 Å². The van der Waals surface area contributed by atoms with Crippen molar-refractivity contribution < 1.29 is 4.79 Å². The monoisotopic (exact) mass is 343 g/mol. The van der Waals surface area contributed by atoms with Gasteiger partial charge in [-0.1, -0.05) is 22.0 Å². The van der Waals surface area contributed by atoms with Gasteiger partial charge >= 0.3 is 0 Å². The predicted octanol–water partition coefficient (Wildman–Crippen LogP) is 3.07. The van der Waals surface area contributed by atoms with Crippen LogP contribution in [0.1, 0.15) is 16.1 Å². The van der Waals surface area contributed by atoms with Crippen LogP contribution in [0.25, 0.3) is 5.65 Å². The Kier molecular flexibility index (Phi) is 4.01. The van der Waals surface area contributed by atoms with Gasteiger partial charge in [-0.3, -0.25) is 4.79 Å². The maximum Gasteiger partial charge on any atom is 0.251 e. The molecule has 0 fully saturated rings. The van der Waals surface area contributed by atoms with Crippen LogP contribution in [0.4, 0.5) is 0 Å². The number of fused-ring (bicyclic) bond motifs is 1. The molecule has 0 aliphatic carbocycles. The van der Waals surface area contributed by atoms with Crippen LogP contribution in [0.2, 0.25) is 0 Å². The highest BCUT2D eigenvalue weighted by Gasteiger charge is 2.05. The van der Waals surface area contributed by atoms with Crippen LogP contribution < -0.4 is 5.32 Å². The SMILES string of the molecule is O=C(NCCc1cn2ccccc2n1)c1ccc(Br)cc1. The molecule has 0 aliphatic rings. The molecule has 3 aromatic rings. The first-order valence-electron chi connectivity index (χ1n) is 6.69. The Morgan fingerprint density at radius 3 is 2.76 bits per heavy atom. The van der Waals surface area contributed by atoms with E-state index in [1.54, 1.807) is 12.1 Å². The van der Waals surface area contributed by atoms with E-state index in [9.17, 15) is 4.79 Å². The third-order valence-electron chi connectivity index (χ3n) is 3.19. The summed E-state index contributed by atoms with van der Waals surface area (Å²) in [7, 11) is 0. The molecular formula is C16H14BrN3O. The quantitative estimate of drug-likeness (QED) is 0.791. The predicted molar refractivity (Wildman–Crippen MR) is 85.4 cm³/mol. The number of carbonyl (C=O) groups excluding carboxylic acids is 1. The zero-order chi connectivity index (χ0) is 14.7. The highest BCUT2D eigenvalue weighted by Crippen LogP contribution is 2.10. The van der Waals surface area contributed by atoms with E-state index in [2.05, 4.69) is 26.2 Å². The van der Waals surface area contributed by atoms with Crippen molar-refractivity contribution in [2.75, 3.05) is 6.54 Å². The fourth-order valence-electron chi connectivity index (χ4n) is 2.12. The average Bonchev–Trinajstić information content (AvgIpc) is 2.90. The standard InChI is InChI=1S/C16H14BrN3O/c17-13-6-4-12(5-7-13)16(21)18-9-8-14-11-20-10-2-1-3-15(20)19-14/h1-7,10-11H,8-9H2,(H,18,21). The highest BCUT2D eigenvalue weighted by atomic mass is 79.9. The van der Waals surface area contributed by atoms with Crippen LogP contribution in [-0.2, 0) is 6.42 Å². The van der Waals surface area contributed by atoms with Crippen LogP contribution in [0.5, 0.6) is 0 Å². The molecule has 106 valence electrons. The summed E-state index contributed by atoms with van der Waals surface area (Å²) in [6, 6.07) is 13.2. The maximum atomic E-state index is 12.0. The van der Waals surface area contributed by atoms with E-state index in [0.29, 0.717) is 18.5 Å². The first kappa shape index (κ1) is 13.8. The van der Waals surface area contributed by atoms with Crippen molar-refractivity contribution in [3.8, 4) is 0 Å². The minimum atomic E-state index is -0.0636. The number of amides is 1. The van der Waals surface area contributed by atoms with Gasteiger partial charge in [-0.15, -0.1) is 0 Å². The molecule has 0 aliphatic heterocycles. The molecule has 0 saturated carbocycles. The van der Waals surface area contributed by atoms with Gasteiger partial charge in [0.1, 0.15) is 5.65 Å². The van der Waals surface area contributed by atoms with Gasteiger partial charge in [0, 0.05) is 35.4 Å². The summed E-state index contributed by atoms with van der Waals surface area (Å²) >= 11 is 3.35. The molecule has 1 amide bonds. The van der Waals surface area contributed by atoms with Gasteiger partial charge in [0.25, 0.3) is 5.91 Å².